The van der Waals surface area contributed by atoms with Crippen LogP contribution in [0.3, 0.4) is 0 Å². The molecule has 1 atom stereocenters. The summed E-state index contributed by atoms with van der Waals surface area (Å²) in [6, 6.07) is 7.87. The summed E-state index contributed by atoms with van der Waals surface area (Å²) < 4.78 is 2.03. The van der Waals surface area contributed by atoms with E-state index in [9.17, 15) is 5.11 Å². The van der Waals surface area contributed by atoms with Crippen molar-refractivity contribution in [3.8, 4) is 0 Å². The molecule has 18 heavy (non-hydrogen) atoms. The molecule has 1 aromatic heterocycles. The number of hydrogen-bond donors (Lipinski definition) is 2. The molecular formula is C14H21N3O. The van der Waals surface area contributed by atoms with Gasteiger partial charge in [-0.2, -0.15) is 0 Å². The van der Waals surface area contributed by atoms with Crippen LogP contribution < -0.4 is 5.73 Å². The monoisotopic (exact) mass is 247 g/mol. The summed E-state index contributed by atoms with van der Waals surface area (Å²) in [4.78, 5) is 4.61. The first-order chi connectivity index (χ1) is 8.63. The predicted molar refractivity (Wildman–Crippen MR) is 73.2 cm³/mol. The van der Waals surface area contributed by atoms with E-state index < -0.39 is 0 Å². The fourth-order valence-corrected chi connectivity index (χ4v) is 2.33. The third-order valence-electron chi connectivity index (χ3n) is 3.06. The van der Waals surface area contributed by atoms with Crippen molar-refractivity contribution in [2.24, 2.45) is 11.7 Å². The zero-order chi connectivity index (χ0) is 13.1. The number of benzene rings is 1. The molecule has 2 aromatic rings. The fraction of sp³-hybridized carbons (Fsp3) is 0.500. The fourth-order valence-electron chi connectivity index (χ4n) is 2.33. The Morgan fingerprint density at radius 3 is 2.72 bits per heavy atom. The van der Waals surface area contributed by atoms with Gasteiger partial charge in [0.15, 0.2) is 0 Å². The largest absolute Gasteiger partial charge is 0.395 e. The molecule has 1 heterocycles. The van der Waals surface area contributed by atoms with Crippen molar-refractivity contribution < 1.29 is 5.11 Å². The van der Waals surface area contributed by atoms with Crippen LogP contribution >= 0.6 is 0 Å². The quantitative estimate of drug-likeness (QED) is 0.850. The van der Waals surface area contributed by atoms with Gasteiger partial charge in [-0.15, -0.1) is 0 Å². The molecule has 3 N–H and O–H groups in total. The minimum Gasteiger partial charge on any atom is -0.395 e. The third kappa shape index (κ3) is 2.54. The maximum atomic E-state index is 9.20. The van der Waals surface area contributed by atoms with E-state index in [0.717, 1.165) is 23.3 Å². The van der Waals surface area contributed by atoms with E-state index in [1.807, 2.05) is 28.8 Å². The van der Waals surface area contributed by atoms with Gasteiger partial charge in [-0.05, 0) is 24.5 Å². The summed E-state index contributed by atoms with van der Waals surface area (Å²) in [5.74, 6) is 1.40. The van der Waals surface area contributed by atoms with Crippen LogP contribution in [0.4, 0.5) is 0 Å². The number of fused-ring (bicyclic) bond motifs is 1. The zero-order valence-electron chi connectivity index (χ0n) is 11.0. The minimum absolute atomic E-state index is 0.0797. The van der Waals surface area contributed by atoms with Crippen LogP contribution in [0.15, 0.2) is 24.3 Å². The first kappa shape index (κ1) is 13.1. The average molecular weight is 247 g/mol. The van der Waals surface area contributed by atoms with Crippen LogP contribution in [0.5, 0.6) is 0 Å². The van der Waals surface area contributed by atoms with Crippen LogP contribution in [0.25, 0.3) is 11.0 Å². The van der Waals surface area contributed by atoms with Gasteiger partial charge in [0.1, 0.15) is 5.82 Å². The molecule has 0 bridgehead atoms. The van der Waals surface area contributed by atoms with Crippen LogP contribution in [-0.2, 0) is 6.54 Å². The van der Waals surface area contributed by atoms with E-state index in [1.54, 1.807) is 0 Å². The lowest BCUT2D eigenvalue weighted by Gasteiger charge is -2.15. The molecule has 0 aliphatic carbocycles. The maximum absolute atomic E-state index is 9.20. The predicted octanol–water partition coefficient (Wildman–Crippen LogP) is 2.07. The van der Waals surface area contributed by atoms with Gasteiger partial charge >= 0.3 is 0 Å². The molecule has 0 saturated carbocycles. The minimum atomic E-state index is -0.0797. The number of aliphatic hydroxyl groups excluding tert-OH is 1. The second-order valence-corrected chi connectivity index (χ2v) is 5.07. The summed E-state index contributed by atoms with van der Waals surface area (Å²) in [7, 11) is 0. The highest BCUT2D eigenvalue weighted by molar-refractivity contribution is 5.76. The molecule has 0 spiro atoms. The second kappa shape index (κ2) is 5.50. The van der Waals surface area contributed by atoms with E-state index in [0.29, 0.717) is 12.5 Å². The van der Waals surface area contributed by atoms with E-state index in [1.165, 1.54) is 0 Å². The van der Waals surface area contributed by atoms with E-state index in [-0.39, 0.29) is 12.6 Å². The van der Waals surface area contributed by atoms with Crippen LogP contribution in [0.1, 0.15) is 32.1 Å². The molecule has 0 unspecified atom stereocenters. The molecule has 0 amide bonds. The van der Waals surface area contributed by atoms with Gasteiger partial charge in [-0.1, -0.05) is 26.0 Å². The average Bonchev–Trinajstić information content (AvgIpc) is 2.68. The first-order valence-electron chi connectivity index (χ1n) is 6.45. The number of nitrogens with zero attached hydrogens (tertiary/aromatic N) is 2. The number of imidazole rings is 1. The van der Waals surface area contributed by atoms with Gasteiger partial charge in [-0.25, -0.2) is 4.98 Å². The molecule has 0 aliphatic rings. The van der Waals surface area contributed by atoms with Gasteiger partial charge in [0.05, 0.1) is 23.7 Å². The molecule has 2 rings (SSSR count). The first-order valence-corrected chi connectivity index (χ1v) is 6.45. The standard InChI is InChI=1S/C14H21N3O/c1-10(2)9-11(15)14-16-12-5-3-4-6-13(12)17(14)7-8-18/h3-6,10-11,18H,7-9,15H2,1-2H3/t11-/m1/s1. The highest BCUT2D eigenvalue weighted by Gasteiger charge is 2.17. The van der Waals surface area contributed by atoms with E-state index in [4.69, 9.17) is 5.73 Å². The summed E-state index contributed by atoms with van der Waals surface area (Å²) in [5, 5.41) is 9.20. The van der Waals surface area contributed by atoms with Crippen molar-refractivity contribution in [1.82, 2.24) is 9.55 Å². The van der Waals surface area contributed by atoms with Gasteiger partial charge < -0.3 is 15.4 Å². The number of hydrogen-bond acceptors (Lipinski definition) is 3. The lowest BCUT2D eigenvalue weighted by Crippen LogP contribution is -2.19. The maximum Gasteiger partial charge on any atom is 0.126 e. The third-order valence-corrected chi connectivity index (χ3v) is 3.06. The van der Waals surface area contributed by atoms with Crippen molar-refractivity contribution in [3.63, 3.8) is 0 Å². The van der Waals surface area contributed by atoms with Crippen molar-refractivity contribution in [2.75, 3.05) is 6.61 Å². The Kier molecular flexibility index (Phi) is 3.99. The van der Waals surface area contributed by atoms with Crippen LogP contribution in [0, 0.1) is 5.92 Å². The van der Waals surface area contributed by atoms with Gasteiger partial charge in [0.25, 0.3) is 0 Å². The number of rotatable bonds is 5. The zero-order valence-corrected chi connectivity index (χ0v) is 11.0. The second-order valence-electron chi connectivity index (χ2n) is 5.07. The summed E-state index contributed by atoms with van der Waals surface area (Å²) in [6.07, 6.45) is 0.898. The van der Waals surface area contributed by atoms with Crippen molar-refractivity contribution in [3.05, 3.63) is 30.1 Å². The Morgan fingerprint density at radius 1 is 1.33 bits per heavy atom. The SMILES string of the molecule is CC(C)C[C@@H](N)c1nc2ccccc2n1CCO. The molecule has 1 aromatic carbocycles. The molecule has 98 valence electrons. The molecule has 4 nitrogen and oxygen atoms in total. The Bertz CT molecular complexity index is 519. The number of para-hydroxylation sites is 2. The van der Waals surface area contributed by atoms with Crippen molar-refractivity contribution >= 4 is 11.0 Å². The highest BCUT2D eigenvalue weighted by Crippen LogP contribution is 2.23. The van der Waals surface area contributed by atoms with Crippen LogP contribution in [-0.4, -0.2) is 21.3 Å². The Labute approximate surface area is 107 Å². The topological polar surface area (TPSA) is 64.1 Å². The van der Waals surface area contributed by atoms with Crippen molar-refractivity contribution in [2.45, 2.75) is 32.9 Å². The normalized spacial score (nSPS) is 13.4. The van der Waals surface area contributed by atoms with Crippen LogP contribution in [0.2, 0.25) is 0 Å². The van der Waals surface area contributed by atoms with E-state index in [2.05, 4.69) is 18.8 Å². The van der Waals surface area contributed by atoms with Gasteiger partial charge in [0, 0.05) is 6.54 Å². The molecule has 4 heteroatoms. The summed E-state index contributed by atoms with van der Waals surface area (Å²) >= 11 is 0. The molecule has 0 aliphatic heterocycles. The lowest BCUT2D eigenvalue weighted by atomic mass is 10.0. The molecule has 0 radical (unpaired) electrons. The van der Waals surface area contributed by atoms with Gasteiger partial charge in [0.2, 0.25) is 0 Å². The lowest BCUT2D eigenvalue weighted by molar-refractivity contribution is 0.274. The van der Waals surface area contributed by atoms with Gasteiger partial charge in [-0.3, -0.25) is 0 Å². The molecular weight excluding hydrogens is 226 g/mol. The summed E-state index contributed by atoms with van der Waals surface area (Å²) in [6.45, 7) is 4.95. The van der Waals surface area contributed by atoms with Crippen molar-refractivity contribution in [1.29, 1.82) is 0 Å². The number of aromatic nitrogens is 2. The number of nitrogens with two attached hydrogens (primary N) is 1. The Balaban J connectivity index is 2.44. The smallest absolute Gasteiger partial charge is 0.126 e. The van der Waals surface area contributed by atoms with E-state index >= 15 is 0 Å². The number of aliphatic hydroxyl groups is 1. The molecule has 0 saturated heterocycles. The Morgan fingerprint density at radius 2 is 2.06 bits per heavy atom. The summed E-state index contributed by atoms with van der Waals surface area (Å²) in [5.41, 5.74) is 8.21. The Hall–Kier alpha value is -1.39. The molecule has 0 fully saturated rings. The highest BCUT2D eigenvalue weighted by atomic mass is 16.3.